The maximum atomic E-state index is 8.89. The molecule has 0 atom stereocenters. The van der Waals surface area contributed by atoms with Crippen molar-refractivity contribution in [3.05, 3.63) is 59.2 Å². The first kappa shape index (κ1) is 13.2. The fraction of sp³-hybridized carbons (Fsp3) is 0.235. The third-order valence-corrected chi connectivity index (χ3v) is 3.07. The average Bonchev–Trinajstić information content (AvgIpc) is 2.41. The van der Waals surface area contributed by atoms with Crippen LogP contribution in [0.25, 0.3) is 0 Å². The van der Waals surface area contributed by atoms with Gasteiger partial charge in [-0.25, -0.2) is 0 Å². The summed E-state index contributed by atoms with van der Waals surface area (Å²) in [6.45, 7) is 6.34. The van der Waals surface area contributed by atoms with Crippen molar-refractivity contribution in [1.29, 1.82) is 5.26 Å². The predicted octanol–water partition coefficient (Wildman–Crippen LogP) is 4.78. The lowest BCUT2D eigenvalue weighted by molar-refractivity contribution is 0.477. The summed E-state index contributed by atoms with van der Waals surface area (Å²) >= 11 is 0. The van der Waals surface area contributed by atoms with Crippen LogP contribution in [0.5, 0.6) is 11.5 Å². The van der Waals surface area contributed by atoms with Crippen LogP contribution < -0.4 is 4.74 Å². The molecule has 0 amide bonds. The van der Waals surface area contributed by atoms with Crippen molar-refractivity contribution in [2.75, 3.05) is 0 Å². The molecule has 0 N–H and O–H groups in total. The zero-order chi connectivity index (χ0) is 13.8. The quantitative estimate of drug-likeness (QED) is 0.786. The van der Waals surface area contributed by atoms with Crippen LogP contribution in [0.3, 0.4) is 0 Å². The van der Waals surface area contributed by atoms with Gasteiger partial charge in [0.15, 0.2) is 0 Å². The Hall–Kier alpha value is -2.27. The number of rotatable bonds is 3. The molecule has 96 valence electrons. The van der Waals surface area contributed by atoms with Gasteiger partial charge in [-0.3, -0.25) is 0 Å². The van der Waals surface area contributed by atoms with E-state index in [2.05, 4.69) is 38.1 Å². The lowest BCUT2D eigenvalue weighted by Gasteiger charge is -2.12. The first-order valence-electron chi connectivity index (χ1n) is 6.38. The largest absolute Gasteiger partial charge is 0.457 e. The van der Waals surface area contributed by atoms with Gasteiger partial charge in [-0.2, -0.15) is 5.26 Å². The van der Waals surface area contributed by atoms with Crippen molar-refractivity contribution in [3.8, 4) is 17.6 Å². The van der Waals surface area contributed by atoms with Gasteiger partial charge < -0.3 is 4.74 Å². The molecule has 0 radical (unpaired) electrons. The van der Waals surface area contributed by atoms with Gasteiger partial charge in [0.05, 0.1) is 11.6 Å². The van der Waals surface area contributed by atoms with Crippen LogP contribution in [-0.4, -0.2) is 0 Å². The second-order valence-electron chi connectivity index (χ2n) is 4.92. The summed E-state index contributed by atoms with van der Waals surface area (Å²) in [4.78, 5) is 0. The number of benzene rings is 2. The summed E-state index contributed by atoms with van der Waals surface area (Å²) in [5.74, 6) is 2.01. The fourth-order valence-corrected chi connectivity index (χ4v) is 1.84. The van der Waals surface area contributed by atoms with Gasteiger partial charge in [-0.05, 0) is 48.2 Å². The smallest absolute Gasteiger partial charge is 0.130 e. The molecule has 19 heavy (non-hydrogen) atoms. The zero-order valence-electron chi connectivity index (χ0n) is 11.5. The first-order valence-corrected chi connectivity index (χ1v) is 6.38. The molecule has 0 aliphatic carbocycles. The summed E-state index contributed by atoms with van der Waals surface area (Å²) in [6.07, 6.45) is 0. The maximum absolute atomic E-state index is 8.89. The Balaban J connectivity index is 2.32. The molecular weight excluding hydrogens is 234 g/mol. The maximum Gasteiger partial charge on any atom is 0.130 e. The Morgan fingerprint density at radius 3 is 2.58 bits per heavy atom. The minimum atomic E-state index is 0.466. The molecule has 0 heterocycles. The molecule has 2 nitrogen and oxygen atoms in total. The Morgan fingerprint density at radius 2 is 1.89 bits per heavy atom. The molecule has 2 aromatic rings. The van der Waals surface area contributed by atoms with E-state index in [0.29, 0.717) is 17.2 Å². The van der Waals surface area contributed by atoms with Gasteiger partial charge in [-0.15, -0.1) is 0 Å². The topological polar surface area (TPSA) is 33.0 Å². The highest BCUT2D eigenvalue weighted by Gasteiger charge is 2.06. The summed E-state index contributed by atoms with van der Waals surface area (Å²) in [6, 6.07) is 15.6. The van der Waals surface area contributed by atoms with Gasteiger partial charge in [-0.1, -0.05) is 32.0 Å². The van der Waals surface area contributed by atoms with E-state index in [1.165, 1.54) is 5.56 Å². The van der Waals surface area contributed by atoms with Crippen LogP contribution in [0, 0.1) is 18.3 Å². The SMILES string of the molecule is Cc1ccc(C(C)C)cc1Oc1cccc(C#N)c1. The third-order valence-electron chi connectivity index (χ3n) is 3.07. The fourth-order valence-electron chi connectivity index (χ4n) is 1.84. The second kappa shape index (κ2) is 5.58. The molecule has 0 aliphatic heterocycles. The Bertz CT molecular complexity index is 623. The predicted molar refractivity (Wildman–Crippen MR) is 76.5 cm³/mol. The number of nitriles is 1. The van der Waals surface area contributed by atoms with E-state index in [0.717, 1.165) is 11.3 Å². The molecule has 2 rings (SSSR count). The van der Waals surface area contributed by atoms with Crippen LogP contribution in [0.2, 0.25) is 0 Å². The highest BCUT2D eigenvalue weighted by atomic mass is 16.5. The minimum absolute atomic E-state index is 0.466. The van der Waals surface area contributed by atoms with E-state index in [1.54, 1.807) is 12.1 Å². The van der Waals surface area contributed by atoms with Crippen molar-refractivity contribution >= 4 is 0 Å². The van der Waals surface area contributed by atoms with Crippen LogP contribution in [0.15, 0.2) is 42.5 Å². The van der Waals surface area contributed by atoms with E-state index >= 15 is 0 Å². The first-order chi connectivity index (χ1) is 9.10. The van der Waals surface area contributed by atoms with Crippen molar-refractivity contribution in [3.63, 3.8) is 0 Å². The number of hydrogen-bond donors (Lipinski definition) is 0. The minimum Gasteiger partial charge on any atom is -0.457 e. The number of hydrogen-bond acceptors (Lipinski definition) is 2. The van der Waals surface area contributed by atoms with Gasteiger partial charge >= 0.3 is 0 Å². The lowest BCUT2D eigenvalue weighted by atomic mass is 10.0. The highest BCUT2D eigenvalue weighted by molar-refractivity contribution is 5.43. The van der Waals surface area contributed by atoms with Gasteiger partial charge in [0.25, 0.3) is 0 Å². The zero-order valence-corrected chi connectivity index (χ0v) is 11.5. The average molecular weight is 251 g/mol. The molecular formula is C17H17NO. The standard InChI is InChI=1S/C17H17NO/c1-12(2)15-8-7-13(3)17(10-15)19-16-6-4-5-14(9-16)11-18/h4-10,12H,1-3H3. The van der Waals surface area contributed by atoms with Crippen LogP contribution in [0.1, 0.15) is 36.5 Å². The third kappa shape index (κ3) is 3.14. The van der Waals surface area contributed by atoms with Crippen molar-refractivity contribution < 1.29 is 4.74 Å². The molecule has 0 unspecified atom stereocenters. The highest BCUT2D eigenvalue weighted by Crippen LogP contribution is 2.29. The molecule has 0 spiro atoms. The van der Waals surface area contributed by atoms with Crippen molar-refractivity contribution in [2.45, 2.75) is 26.7 Å². The molecule has 0 saturated heterocycles. The molecule has 0 saturated carbocycles. The van der Waals surface area contributed by atoms with Crippen molar-refractivity contribution in [2.24, 2.45) is 0 Å². The summed E-state index contributed by atoms with van der Waals surface area (Å²) in [7, 11) is 0. The van der Waals surface area contributed by atoms with Gasteiger partial charge in [0.2, 0.25) is 0 Å². The molecule has 0 bridgehead atoms. The van der Waals surface area contributed by atoms with Crippen LogP contribution in [-0.2, 0) is 0 Å². The normalized spacial score (nSPS) is 10.3. The lowest BCUT2D eigenvalue weighted by Crippen LogP contribution is -1.92. The molecule has 2 aromatic carbocycles. The Labute approximate surface area is 114 Å². The van der Waals surface area contributed by atoms with Gasteiger partial charge in [0, 0.05) is 0 Å². The summed E-state index contributed by atoms with van der Waals surface area (Å²) < 4.78 is 5.89. The Kier molecular flexibility index (Phi) is 3.87. The van der Waals surface area contributed by atoms with E-state index in [4.69, 9.17) is 10.00 Å². The second-order valence-corrected chi connectivity index (χ2v) is 4.92. The number of nitrogens with zero attached hydrogens (tertiary/aromatic N) is 1. The van der Waals surface area contributed by atoms with E-state index in [9.17, 15) is 0 Å². The molecule has 0 aromatic heterocycles. The molecule has 2 heteroatoms. The Morgan fingerprint density at radius 1 is 1.11 bits per heavy atom. The van der Waals surface area contributed by atoms with Crippen LogP contribution >= 0.6 is 0 Å². The van der Waals surface area contributed by atoms with E-state index < -0.39 is 0 Å². The van der Waals surface area contributed by atoms with E-state index in [1.807, 2.05) is 19.1 Å². The van der Waals surface area contributed by atoms with Crippen molar-refractivity contribution in [1.82, 2.24) is 0 Å². The van der Waals surface area contributed by atoms with Crippen LogP contribution in [0.4, 0.5) is 0 Å². The van der Waals surface area contributed by atoms with Gasteiger partial charge in [0.1, 0.15) is 11.5 Å². The van der Waals surface area contributed by atoms with E-state index in [-0.39, 0.29) is 0 Å². The molecule has 0 fully saturated rings. The summed E-state index contributed by atoms with van der Waals surface area (Å²) in [5.41, 5.74) is 2.94. The molecule has 0 aliphatic rings. The number of aryl methyl sites for hydroxylation is 1. The monoisotopic (exact) mass is 251 g/mol. The number of ether oxygens (including phenoxy) is 1. The summed E-state index contributed by atoms with van der Waals surface area (Å²) in [5, 5.41) is 8.89.